The largest absolute Gasteiger partial charge is 0.350 e. The highest BCUT2D eigenvalue weighted by Gasteiger charge is 2.11. The number of hydrogen-bond donors (Lipinski definition) is 2. The van der Waals surface area contributed by atoms with Gasteiger partial charge in [-0.2, -0.15) is 5.10 Å². The molecule has 2 rings (SSSR count). The summed E-state index contributed by atoms with van der Waals surface area (Å²) in [6.07, 6.45) is 5.78. The van der Waals surface area contributed by atoms with Crippen molar-refractivity contribution in [3.05, 3.63) is 48.3 Å². The van der Waals surface area contributed by atoms with E-state index in [1.54, 1.807) is 29.1 Å². The molecule has 0 saturated heterocycles. The molecule has 8 heteroatoms. The Hall–Kier alpha value is -2.35. The number of aryl methyl sites for hydroxylation is 1. The van der Waals surface area contributed by atoms with Gasteiger partial charge in [-0.25, -0.2) is 8.42 Å². The molecule has 0 radical (unpaired) electrons. The third kappa shape index (κ3) is 6.04. The Labute approximate surface area is 142 Å². The lowest BCUT2D eigenvalue weighted by Gasteiger charge is -2.15. The Kier molecular flexibility index (Phi) is 5.97. The molecule has 2 aromatic rings. The van der Waals surface area contributed by atoms with Crippen molar-refractivity contribution in [3.63, 3.8) is 0 Å². The second-order valence-electron chi connectivity index (χ2n) is 5.66. The van der Waals surface area contributed by atoms with Crippen molar-refractivity contribution in [2.45, 2.75) is 32.4 Å². The van der Waals surface area contributed by atoms with Crippen LogP contribution < -0.4 is 10.0 Å². The molecule has 0 spiro atoms. The number of anilines is 1. The van der Waals surface area contributed by atoms with Gasteiger partial charge in [-0.3, -0.25) is 14.2 Å². The smallest absolute Gasteiger partial charge is 0.229 e. The Bertz CT molecular complexity index is 772. The van der Waals surface area contributed by atoms with Gasteiger partial charge >= 0.3 is 0 Å². The molecule has 0 unspecified atom stereocenters. The van der Waals surface area contributed by atoms with Crippen LogP contribution in [0.2, 0.25) is 0 Å². The zero-order valence-electron chi connectivity index (χ0n) is 13.8. The highest BCUT2D eigenvalue weighted by molar-refractivity contribution is 7.92. The summed E-state index contributed by atoms with van der Waals surface area (Å²) in [5, 5.41) is 7.01. The van der Waals surface area contributed by atoms with Crippen LogP contribution in [0.15, 0.2) is 42.7 Å². The first kappa shape index (κ1) is 18.0. The van der Waals surface area contributed by atoms with E-state index < -0.39 is 10.0 Å². The lowest BCUT2D eigenvalue weighted by atomic mass is 10.1. The second kappa shape index (κ2) is 7.96. The summed E-state index contributed by atoms with van der Waals surface area (Å²) in [4.78, 5) is 12.0. The first-order valence-corrected chi connectivity index (χ1v) is 9.57. The van der Waals surface area contributed by atoms with Crippen LogP contribution in [0.1, 0.15) is 31.4 Å². The summed E-state index contributed by atoms with van der Waals surface area (Å²) in [5.74, 6) is -0.0452. The minimum atomic E-state index is -3.32. The average Bonchev–Trinajstić information content (AvgIpc) is 2.99. The van der Waals surface area contributed by atoms with E-state index in [1.807, 2.05) is 25.3 Å². The zero-order valence-corrected chi connectivity index (χ0v) is 14.6. The van der Waals surface area contributed by atoms with E-state index in [0.717, 1.165) is 11.8 Å². The van der Waals surface area contributed by atoms with Gasteiger partial charge in [0.25, 0.3) is 0 Å². The van der Waals surface area contributed by atoms with Crippen LogP contribution in [0, 0.1) is 0 Å². The second-order valence-corrected chi connectivity index (χ2v) is 7.41. The van der Waals surface area contributed by atoms with Gasteiger partial charge in [0.1, 0.15) is 0 Å². The molecule has 0 fully saturated rings. The average molecular weight is 350 g/mol. The molecule has 24 heavy (non-hydrogen) atoms. The van der Waals surface area contributed by atoms with Crippen molar-refractivity contribution in [2.75, 3.05) is 11.0 Å². The fourth-order valence-corrected chi connectivity index (χ4v) is 2.87. The van der Waals surface area contributed by atoms with Gasteiger partial charge < -0.3 is 5.32 Å². The highest BCUT2D eigenvalue weighted by Crippen LogP contribution is 2.18. The van der Waals surface area contributed by atoms with E-state index in [4.69, 9.17) is 0 Å². The van der Waals surface area contributed by atoms with E-state index in [0.29, 0.717) is 25.1 Å². The van der Waals surface area contributed by atoms with Crippen molar-refractivity contribution in [2.24, 2.45) is 0 Å². The number of carbonyl (C=O) groups is 1. The molecule has 0 aliphatic heterocycles. The third-order valence-electron chi connectivity index (χ3n) is 3.42. The van der Waals surface area contributed by atoms with Gasteiger partial charge in [0.15, 0.2) is 0 Å². The quantitative estimate of drug-likeness (QED) is 0.760. The lowest BCUT2D eigenvalue weighted by molar-refractivity contribution is -0.121. The molecule has 1 atom stereocenters. The predicted molar refractivity (Wildman–Crippen MR) is 92.9 cm³/mol. The van der Waals surface area contributed by atoms with Gasteiger partial charge in [0.2, 0.25) is 15.9 Å². The molecular weight excluding hydrogens is 328 g/mol. The molecule has 1 amide bonds. The molecular formula is C16H22N4O3S. The Balaban J connectivity index is 1.85. The first-order valence-electron chi connectivity index (χ1n) is 7.68. The van der Waals surface area contributed by atoms with E-state index in [2.05, 4.69) is 15.1 Å². The molecule has 0 saturated carbocycles. The molecule has 0 aliphatic rings. The van der Waals surface area contributed by atoms with Crippen molar-refractivity contribution in [3.8, 4) is 0 Å². The summed E-state index contributed by atoms with van der Waals surface area (Å²) in [5.41, 5.74) is 1.32. The third-order valence-corrected chi connectivity index (χ3v) is 4.02. The number of nitrogens with one attached hydrogen (secondary N) is 2. The van der Waals surface area contributed by atoms with Crippen LogP contribution in [0.3, 0.4) is 0 Å². The van der Waals surface area contributed by atoms with E-state index in [1.165, 1.54) is 0 Å². The predicted octanol–water partition coefficient (Wildman–Crippen LogP) is 1.91. The molecule has 0 aliphatic carbocycles. The monoisotopic (exact) mass is 350 g/mol. The van der Waals surface area contributed by atoms with Crippen LogP contribution in [0.25, 0.3) is 0 Å². The van der Waals surface area contributed by atoms with Gasteiger partial charge in [-0.1, -0.05) is 12.1 Å². The number of rotatable bonds is 8. The summed E-state index contributed by atoms with van der Waals surface area (Å²) < 4.78 is 26.8. The maximum Gasteiger partial charge on any atom is 0.229 e. The van der Waals surface area contributed by atoms with E-state index >= 15 is 0 Å². The number of carbonyl (C=O) groups excluding carboxylic acids is 1. The summed E-state index contributed by atoms with van der Waals surface area (Å²) >= 11 is 0. The summed E-state index contributed by atoms with van der Waals surface area (Å²) in [6, 6.07) is 8.63. The van der Waals surface area contributed by atoms with Crippen LogP contribution in [-0.2, 0) is 21.4 Å². The van der Waals surface area contributed by atoms with Crippen molar-refractivity contribution < 1.29 is 13.2 Å². The van der Waals surface area contributed by atoms with Gasteiger partial charge in [0.05, 0.1) is 12.3 Å². The minimum Gasteiger partial charge on any atom is -0.350 e. The topological polar surface area (TPSA) is 93.1 Å². The Morgan fingerprint density at radius 1 is 1.33 bits per heavy atom. The molecule has 1 aromatic carbocycles. The molecule has 130 valence electrons. The number of nitrogens with zero attached hydrogens (tertiary/aromatic N) is 2. The van der Waals surface area contributed by atoms with Gasteiger partial charge in [0, 0.05) is 31.0 Å². The number of aromatic nitrogens is 2. The summed E-state index contributed by atoms with van der Waals surface area (Å²) in [6.45, 7) is 2.56. The van der Waals surface area contributed by atoms with Gasteiger partial charge in [-0.15, -0.1) is 0 Å². The first-order chi connectivity index (χ1) is 11.3. The van der Waals surface area contributed by atoms with E-state index in [-0.39, 0.29) is 11.9 Å². The number of sulfonamides is 1. The molecule has 1 heterocycles. The normalized spacial score (nSPS) is 12.6. The Morgan fingerprint density at radius 3 is 2.79 bits per heavy atom. The fourth-order valence-electron chi connectivity index (χ4n) is 2.32. The van der Waals surface area contributed by atoms with E-state index in [9.17, 15) is 13.2 Å². The van der Waals surface area contributed by atoms with Crippen LogP contribution in [-0.4, -0.2) is 30.4 Å². The maximum absolute atomic E-state index is 12.0. The fraction of sp³-hybridized carbons (Fsp3) is 0.375. The van der Waals surface area contributed by atoms with Crippen LogP contribution in [0.4, 0.5) is 5.69 Å². The van der Waals surface area contributed by atoms with Gasteiger partial charge in [-0.05, 0) is 37.1 Å². The van der Waals surface area contributed by atoms with Crippen LogP contribution >= 0.6 is 0 Å². The molecule has 2 N–H and O–H groups in total. The number of amides is 1. The van der Waals surface area contributed by atoms with Crippen molar-refractivity contribution >= 4 is 21.6 Å². The highest BCUT2D eigenvalue weighted by atomic mass is 32.2. The van der Waals surface area contributed by atoms with Crippen molar-refractivity contribution in [1.29, 1.82) is 0 Å². The summed E-state index contributed by atoms with van der Waals surface area (Å²) in [7, 11) is -3.32. The lowest BCUT2D eigenvalue weighted by Crippen LogP contribution is -2.26. The zero-order chi connectivity index (χ0) is 17.6. The SMILES string of the molecule is C[C@H](NC(=O)CCCn1cccn1)c1cccc(NS(C)(=O)=O)c1. The number of hydrogen-bond acceptors (Lipinski definition) is 4. The standard InChI is InChI=1S/C16H22N4O3S/c1-13(14-6-3-7-15(12-14)19-24(2,22)23)18-16(21)8-4-10-20-11-5-9-17-20/h3,5-7,9,11-13,19H,4,8,10H2,1-2H3,(H,18,21)/t13-/m0/s1. The van der Waals surface area contributed by atoms with Crippen LogP contribution in [0.5, 0.6) is 0 Å². The van der Waals surface area contributed by atoms with Crippen molar-refractivity contribution in [1.82, 2.24) is 15.1 Å². The minimum absolute atomic E-state index is 0.0452. The molecule has 0 bridgehead atoms. The number of benzene rings is 1. The molecule has 1 aromatic heterocycles. The Morgan fingerprint density at radius 2 is 2.12 bits per heavy atom. The maximum atomic E-state index is 12.0. The molecule has 7 nitrogen and oxygen atoms in total.